The Bertz CT molecular complexity index is 1140. The van der Waals surface area contributed by atoms with Gasteiger partial charge >= 0.3 is 0 Å². The van der Waals surface area contributed by atoms with Crippen LogP contribution in [0.5, 0.6) is 0 Å². The molecule has 0 aromatic carbocycles. The third-order valence-corrected chi connectivity index (χ3v) is 10.8. The fourth-order valence-corrected chi connectivity index (χ4v) is 6.64. The highest BCUT2D eigenvalue weighted by molar-refractivity contribution is 7.92. The number of pyridine rings is 1. The Balaban J connectivity index is 1.65. The van der Waals surface area contributed by atoms with Crippen molar-refractivity contribution in [2.75, 3.05) is 49.5 Å². The first-order valence-electron chi connectivity index (χ1n) is 12.3. The largest absolute Gasteiger partial charge is 0.377 e. The third-order valence-electron chi connectivity index (χ3n) is 6.99. The first-order chi connectivity index (χ1) is 16.4. The van der Waals surface area contributed by atoms with E-state index in [0.29, 0.717) is 45.2 Å². The Morgan fingerprint density at radius 3 is 2.66 bits per heavy atom. The molecule has 11 heteroatoms. The molecular formula is C24H39N5O4SSi. The topological polar surface area (TPSA) is 89.8 Å². The maximum atomic E-state index is 12.8. The molecule has 2 aromatic rings. The molecule has 9 nitrogen and oxygen atoms in total. The van der Waals surface area contributed by atoms with Gasteiger partial charge in [-0.1, -0.05) is 19.6 Å². The summed E-state index contributed by atoms with van der Waals surface area (Å²) in [6.45, 7) is 12.1. The molecule has 1 aliphatic heterocycles. The minimum absolute atomic E-state index is 0.156. The summed E-state index contributed by atoms with van der Waals surface area (Å²) in [7, 11) is -2.49. The Kier molecular flexibility index (Phi) is 7.34. The van der Waals surface area contributed by atoms with Gasteiger partial charge < -0.3 is 19.3 Å². The molecule has 1 saturated carbocycles. The molecule has 0 spiro atoms. The van der Waals surface area contributed by atoms with E-state index in [1.807, 2.05) is 34.8 Å². The summed E-state index contributed by atoms with van der Waals surface area (Å²) in [6, 6.07) is 7.06. The molecule has 3 heterocycles. The summed E-state index contributed by atoms with van der Waals surface area (Å²) in [5, 5.41) is 4.45. The second kappa shape index (κ2) is 9.83. The lowest BCUT2D eigenvalue weighted by molar-refractivity contribution is 0.0797. The Hall–Kier alpha value is -1.95. The van der Waals surface area contributed by atoms with Crippen LogP contribution < -0.4 is 9.80 Å². The van der Waals surface area contributed by atoms with E-state index < -0.39 is 22.7 Å². The van der Waals surface area contributed by atoms with E-state index in [1.54, 1.807) is 6.20 Å². The van der Waals surface area contributed by atoms with Crippen molar-refractivity contribution in [3.63, 3.8) is 0 Å². The van der Waals surface area contributed by atoms with E-state index in [-0.39, 0.29) is 6.04 Å². The smallest absolute Gasteiger partial charge is 0.157 e. The van der Waals surface area contributed by atoms with E-state index in [2.05, 4.69) is 36.6 Å². The lowest BCUT2D eigenvalue weighted by atomic mass is 10.1. The average molecular weight is 522 g/mol. The van der Waals surface area contributed by atoms with E-state index in [0.717, 1.165) is 29.8 Å². The van der Waals surface area contributed by atoms with Crippen molar-refractivity contribution in [1.82, 2.24) is 14.8 Å². The van der Waals surface area contributed by atoms with Gasteiger partial charge in [-0.25, -0.2) is 18.1 Å². The predicted octanol–water partition coefficient (Wildman–Crippen LogP) is 3.62. The number of aromatic nitrogens is 3. The van der Waals surface area contributed by atoms with E-state index in [4.69, 9.17) is 14.5 Å². The van der Waals surface area contributed by atoms with E-state index in [9.17, 15) is 8.42 Å². The van der Waals surface area contributed by atoms with Crippen LogP contribution >= 0.6 is 0 Å². The van der Waals surface area contributed by atoms with Crippen molar-refractivity contribution in [3.8, 4) is 0 Å². The fraction of sp³-hybridized carbons (Fsp3) is 0.667. The molecule has 35 heavy (non-hydrogen) atoms. The zero-order valence-electron chi connectivity index (χ0n) is 21.8. The van der Waals surface area contributed by atoms with Crippen LogP contribution in [0, 0.1) is 0 Å². The van der Waals surface area contributed by atoms with Crippen molar-refractivity contribution in [2.24, 2.45) is 0 Å². The SMILES string of the molecule is CC1COCCN1c1cc(C2(S(C)(=O)=O)CC2)cc(N(C)c2ccnn2COCC[Si](C)(C)C)n1. The first kappa shape index (κ1) is 26.1. The summed E-state index contributed by atoms with van der Waals surface area (Å²) >= 11 is 0. The number of rotatable bonds is 10. The van der Waals surface area contributed by atoms with Crippen LogP contribution in [-0.2, 0) is 30.8 Å². The monoisotopic (exact) mass is 521 g/mol. The summed E-state index contributed by atoms with van der Waals surface area (Å²) in [4.78, 5) is 9.15. The number of anilines is 3. The molecule has 2 aliphatic rings. The number of nitrogens with zero attached hydrogens (tertiary/aromatic N) is 5. The zero-order chi connectivity index (χ0) is 25.4. The molecule has 1 unspecified atom stereocenters. The van der Waals surface area contributed by atoms with Gasteiger partial charge in [0.2, 0.25) is 0 Å². The van der Waals surface area contributed by atoms with Gasteiger partial charge in [0.15, 0.2) is 9.84 Å². The molecule has 1 saturated heterocycles. The molecule has 1 atom stereocenters. The fourth-order valence-electron chi connectivity index (χ4n) is 4.50. The molecule has 2 aromatic heterocycles. The van der Waals surface area contributed by atoms with Gasteiger partial charge in [-0.2, -0.15) is 5.10 Å². The summed E-state index contributed by atoms with van der Waals surface area (Å²) in [5.41, 5.74) is 0.808. The van der Waals surface area contributed by atoms with Crippen LogP contribution in [0.2, 0.25) is 25.7 Å². The molecule has 0 bridgehead atoms. The highest BCUT2D eigenvalue weighted by Gasteiger charge is 2.54. The summed E-state index contributed by atoms with van der Waals surface area (Å²) < 4.78 is 38.1. The lowest BCUT2D eigenvalue weighted by Crippen LogP contribution is -2.44. The van der Waals surface area contributed by atoms with Crippen molar-refractivity contribution < 1.29 is 17.9 Å². The maximum absolute atomic E-state index is 12.8. The number of sulfone groups is 1. The lowest BCUT2D eigenvalue weighted by Gasteiger charge is -2.35. The Morgan fingerprint density at radius 2 is 2.03 bits per heavy atom. The Labute approximate surface area is 210 Å². The molecule has 0 N–H and O–H groups in total. The van der Waals surface area contributed by atoms with Gasteiger partial charge in [-0.15, -0.1) is 0 Å². The van der Waals surface area contributed by atoms with Gasteiger partial charge in [-0.05, 0) is 43.5 Å². The highest BCUT2D eigenvalue weighted by Crippen LogP contribution is 2.53. The number of hydrogen-bond donors (Lipinski definition) is 0. The number of hydrogen-bond acceptors (Lipinski definition) is 8. The van der Waals surface area contributed by atoms with Gasteiger partial charge in [0.25, 0.3) is 0 Å². The van der Waals surface area contributed by atoms with Crippen LogP contribution in [0.4, 0.5) is 17.5 Å². The third kappa shape index (κ3) is 5.73. The van der Waals surface area contributed by atoms with Gasteiger partial charge in [0.05, 0.1) is 30.2 Å². The number of morpholine rings is 1. The molecule has 4 rings (SSSR count). The van der Waals surface area contributed by atoms with Crippen molar-refractivity contribution in [1.29, 1.82) is 0 Å². The van der Waals surface area contributed by atoms with Gasteiger partial charge in [0, 0.05) is 40.6 Å². The Morgan fingerprint density at radius 1 is 1.29 bits per heavy atom. The van der Waals surface area contributed by atoms with Crippen molar-refractivity contribution in [2.45, 2.75) is 63.0 Å². The average Bonchev–Trinajstić information content (AvgIpc) is 3.49. The molecule has 194 valence electrons. The van der Waals surface area contributed by atoms with Crippen molar-refractivity contribution >= 4 is 35.4 Å². The standard InChI is InChI=1S/C24H39N5O4SSi/c1-19-17-32-12-11-28(19)22-16-20(24(8-9-24)34(3,30)31)15-21(26-22)27(2)23-7-10-25-29(23)18-33-13-14-35(4,5)6/h7,10,15-16,19H,8-9,11-14,17-18H2,1-6H3. The second-order valence-electron chi connectivity index (χ2n) is 11.1. The highest BCUT2D eigenvalue weighted by atomic mass is 32.2. The van der Waals surface area contributed by atoms with Gasteiger partial charge in [-0.3, -0.25) is 0 Å². The maximum Gasteiger partial charge on any atom is 0.157 e. The van der Waals surface area contributed by atoms with E-state index >= 15 is 0 Å². The van der Waals surface area contributed by atoms with Gasteiger partial charge in [0.1, 0.15) is 24.2 Å². The van der Waals surface area contributed by atoms with Crippen LogP contribution in [0.15, 0.2) is 24.4 Å². The molecule has 2 fully saturated rings. The zero-order valence-corrected chi connectivity index (χ0v) is 23.6. The minimum Gasteiger partial charge on any atom is -0.377 e. The minimum atomic E-state index is -3.26. The van der Waals surface area contributed by atoms with Crippen LogP contribution in [-0.4, -0.2) is 77.0 Å². The second-order valence-corrected chi connectivity index (χ2v) is 19.0. The van der Waals surface area contributed by atoms with Crippen LogP contribution in [0.3, 0.4) is 0 Å². The number of ether oxygens (including phenoxy) is 2. The molecule has 0 amide bonds. The van der Waals surface area contributed by atoms with Crippen LogP contribution in [0.1, 0.15) is 25.3 Å². The summed E-state index contributed by atoms with van der Waals surface area (Å²) in [6.07, 6.45) is 4.37. The van der Waals surface area contributed by atoms with E-state index in [1.165, 1.54) is 6.26 Å². The summed E-state index contributed by atoms with van der Waals surface area (Å²) in [5.74, 6) is 2.32. The van der Waals surface area contributed by atoms with Crippen LogP contribution in [0.25, 0.3) is 0 Å². The van der Waals surface area contributed by atoms with Crippen molar-refractivity contribution in [3.05, 3.63) is 30.0 Å². The quantitative estimate of drug-likeness (QED) is 0.346. The predicted molar refractivity (Wildman–Crippen MR) is 142 cm³/mol. The molecule has 0 radical (unpaired) electrons. The molecular weight excluding hydrogens is 482 g/mol. The normalized spacial score (nSPS) is 20.2. The first-order valence-corrected chi connectivity index (χ1v) is 17.9. The molecule has 1 aliphatic carbocycles.